The molecule has 1 aliphatic rings. The first-order valence-corrected chi connectivity index (χ1v) is 8.01. The highest BCUT2D eigenvalue weighted by atomic mass is 35.5. The fourth-order valence-electron chi connectivity index (χ4n) is 2.30. The molecule has 9 heteroatoms. The molecule has 1 aromatic carbocycles. The molecule has 2 heterocycles. The van der Waals surface area contributed by atoms with Crippen LogP contribution in [0, 0.1) is 5.82 Å². The maximum absolute atomic E-state index is 13.9. The molecule has 0 bridgehead atoms. The molecule has 1 amide bonds. The molecule has 4 rings (SSSR count). The van der Waals surface area contributed by atoms with Gasteiger partial charge in [0.25, 0.3) is 11.8 Å². The molecular weight excluding hydrogens is 351 g/mol. The molecule has 0 atom stereocenters. The van der Waals surface area contributed by atoms with Crippen molar-refractivity contribution >= 4 is 17.5 Å². The minimum absolute atomic E-state index is 0.0101. The van der Waals surface area contributed by atoms with Gasteiger partial charge in [0.15, 0.2) is 11.5 Å². The lowest BCUT2D eigenvalue weighted by molar-refractivity contribution is 0.0940. The van der Waals surface area contributed by atoms with Crippen LogP contribution < -0.4 is 5.32 Å². The molecule has 1 aliphatic carbocycles. The zero-order valence-corrected chi connectivity index (χ0v) is 13.6. The molecule has 0 radical (unpaired) electrons. The monoisotopic (exact) mass is 362 g/mol. The van der Waals surface area contributed by atoms with Gasteiger partial charge in [0.2, 0.25) is 0 Å². The van der Waals surface area contributed by atoms with Crippen molar-refractivity contribution in [2.45, 2.75) is 25.3 Å². The molecule has 0 spiro atoms. The number of aromatic nitrogens is 3. The van der Waals surface area contributed by atoms with Gasteiger partial charge in [-0.15, -0.1) is 0 Å². The Labute approximate surface area is 146 Å². The maximum atomic E-state index is 13.9. The van der Waals surface area contributed by atoms with Gasteiger partial charge < -0.3 is 14.4 Å². The molecule has 2 aromatic heterocycles. The molecular formula is C16H12ClFN4O3. The lowest BCUT2D eigenvalue weighted by Gasteiger charge is -1.98. The third-order valence-electron chi connectivity index (χ3n) is 3.78. The fourth-order valence-corrected chi connectivity index (χ4v) is 2.46. The average Bonchev–Trinajstić information content (AvgIpc) is 3.14. The Morgan fingerprint density at radius 1 is 1.28 bits per heavy atom. The second-order valence-electron chi connectivity index (χ2n) is 5.71. The van der Waals surface area contributed by atoms with Crippen LogP contribution >= 0.6 is 11.6 Å². The predicted octanol–water partition coefficient (Wildman–Crippen LogP) is 3.32. The number of carbonyl (C=O) groups is 1. The maximum Gasteiger partial charge on any atom is 0.273 e. The van der Waals surface area contributed by atoms with E-state index in [-0.39, 0.29) is 34.5 Å². The number of amides is 1. The van der Waals surface area contributed by atoms with Crippen molar-refractivity contribution in [2.24, 2.45) is 0 Å². The lowest BCUT2D eigenvalue weighted by atomic mass is 10.2. The third-order valence-corrected chi connectivity index (χ3v) is 4.01. The van der Waals surface area contributed by atoms with E-state index in [1.165, 1.54) is 12.1 Å². The Morgan fingerprint density at radius 2 is 2.12 bits per heavy atom. The van der Waals surface area contributed by atoms with Crippen LogP contribution in [-0.2, 0) is 6.54 Å². The van der Waals surface area contributed by atoms with E-state index in [0.29, 0.717) is 5.92 Å². The zero-order chi connectivity index (χ0) is 17.4. The van der Waals surface area contributed by atoms with Crippen LogP contribution in [0.1, 0.15) is 40.8 Å². The Balaban J connectivity index is 1.41. The van der Waals surface area contributed by atoms with Gasteiger partial charge in [0.05, 0.1) is 12.1 Å². The van der Waals surface area contributed by atoms with E-state index in [9.17, 15) is 9.18 Å². The van der Waals surface area contributed by atoms with Crippen LogP contribution in [0.5, 0.6) is 0 Å². The molecule has 0 unspecified atom stereocenters. The van der Waals surface area contributed by atoms with Gasteiger partial charge in [-0.2, -0.15) is 4.98 Å². The van der Waals surface area contributed by atoms with E-state index in [1.54, 1.807) is 6.07 Å². The summed E-state index contributed by atoms with van der Waals surface area (Å²) in [7, 11) is 0. The topological polar surface area (TPSA) is 94.1 Å². The van der Waals surface area contributed by atoms with Gasteiger partial charge >= 0.3 is 0 Å². The first kappa shape index (κ1) is 15.8. The van der Waals surface area contributed by atoms with Crippen LogP contribution in [0.25, 0.3) is 11.5 Å². The van der Waals surface area contributed by atoms with Crippen molar-refractivity contribution in [3.05, 3.63) is 52.4 Å². The summed E-state index contributed by atoms with van der Waals surface area (Å²) in [6, 6.07) is 5.76. The van der Waals surface area contributed by atoms with Gasteiger partial charge in [-0.05, 0) is 31.0 Å². The van der Waals surface area contributed by atoms with Crippen molar-refractivity contribution in [2.75, 3.05) is 0 Å². The molecule has 1 fully saturated rings. The Kier molecular flexibility index (Phi) is 3.96. The highest BCUT2D eigenvalue weighted by Crippen LogP contribution is 2.40. The minimum Gasteiger partial charge on any atom is -0.360 e. The zero-order valence-electron chi connectivity index (χ0n) is 12.8. The molecule has 1 N–H and O–H groups in total. The molecule has 128 valence electrons. The summed E-state index contributed by atoms with van der Waals surface area (Å²) in [4.78, 5) is 16.1. The summed E-state index contributed by atoms with van der Waals surface area (Å²) >= 11 is 5.71. The lowest BCUT2D eigenvalue weighted by Crippen LogP contribution is -2.23. The van der Waals surface area contributed by atoms with Crippen molar-refractivity contribution in [1.29, 1.82) is 0 Å². The Bertz CT molecular complexity index is 935. The minimum atomic E-state index is -0.568. The summed E-state index contributed by atoms with van der Waals surface area (Å²) < 4.78 is 24.0. The Hall–Kier alpha value is -2.74. The van der Waals surface area contributed by atoms with Crippen LogP contribution in [0.3, 0.4) is 0 Å². The van der Waals surface area contributed by atoms with Crippen molar-refractivity contribution in [3.8, 4) is 11.5 Å². The van der Waals surface area contributed by atoms with E-state index < -0.39 is 11.7 Å². The number of nitrogens with zero attached hydrogens (tertiary/aromatic N) is 3. The van der Waals surface area contributed by atoms with E-state index in [4.69, 9.17) is 20.6 Å². The van der Waals surface area contributed by atoms with Crippen LogP contribution in [-0.4, -0.2) is 21.2 Å². The van der Waals surface area contributed by atoms with Crippen LogP contribution in [0.2, 0.25) is 5.02 Å². The van der Waals surface area contributed by atoms with Gasteiger partial charge in [0, 0.05) is 17.0 Å². The van der Waals surface area contributed by atoms with Gasteiger partial charge in [-0.1, -0.05) is 21.9 Å². The third kappa shape index (κ3) is 3.39. The molecule has 0 aliphatic heterocycles. The normalized spacial score (nSPS) is 13.8. The second kappa shape index (κ2) is 6.29. The van der Waals surface area contributed by atoms with Gasteiger partial charge in [0.1, 0.15) is 11.6 Å². The summed E-state index contributed by atoms with van der Waals surface area (Å²) in [5.74, 6) is 0.356. The summed E-state index contributed by atoms with van der Waals surface area (Å²) in [5, 5.41) is 10.4. The molecule has 1 saturated carbocycles. The number of halogens is 2. The number of hydrogen-bond donors (Lipinski definition) is 1. The summed E-state index contributed by atoms with van der Waals surface area (Å²) in [5.41, 5.74) is 0.342. The quantitative estimate of drug-likeness (QED) is 0.748. The Morgan fingerprint density at radius 3 is 2.88 bits per heavy atom. The van der Waals surface area contributed by atoms with Crippen LogP contribution in [0.4, 0.5) is 4.39 Å². The predicted molar refractivity (Wildman–Crippen MR) is 84.4 cm³/mol. The summed E-state index contributed by atoms with van der Waals surface area (Å²) in [6.07, 6.45) is 2.12. The number of rotatable bonds is 5. The largest absolute Gasteiger partial charge is 0.360 e. The van der Waals surface area contributed by atoms with E-state index >= 15 is 0 Å². The fraction of sp³-hybridized carbons (Fsp3) is 0.250. The highest BCUT2D eigenvalue weighted by Gasteiger charge is 2.28. The second-order valence-corrected chi connectivity index (χ2v) is 6.15. The van der Waals surface area contributed by atoms with Gasteiger partial charge in [-0.3, -0.25) is 4.79 Å². The van der Waals surface area contributed by atoms with Crippen LogP contribution in [0.15, 0.2) is 33.3 Å². The number of carbonyl (C=O) groups excluding carboxylic acids is 1. The van der Waals surface area contributed by atoms with Crippen molar-refractivity contribution in [1.82, 2.24) is 20.6 Å². The molecule has 25 heavy (non-hydrogen) atoms. The highest BCUT2D eigenvalue weighted by molar-refractivity contribution is 6.30. The first-order chi connectivity index (χ1) is 12.1. The molecule has 3 aromatic rings. The van der Waals surface area contributed by atoms with Crippen molar-refractivity contribution < 1.29 is 18.2 Å². The average molecular weight is 363 g/mol. The molecule has 0 saturated heterocycles. The number of hydrogen-bond acceptors (Lipinski definition) is 6. The number of benzene rings is 1. The van der Waals surface area contributed by atoms with E-state index in [1.807, 2.05) is 0 Å². The SMILES string of the molecule is O=C(NCc1noc(-c2ccc(Cl)cc2F)n1)c1cc(C2CC2)on1. The van der Waals surface area contributed by atoms with E-state index in [0.717, 1.165) is 24.7 Å². The first-order valence-electron chi connectivity index (χ1n) is 7.63. The standard InChI is InChI=1S/C16H12ClFN4O3/c17-9-3-4-10(11(18)5-9)16-20-14(22-25-16)7-19-15(23)12-6-13(24-21-12)8-1-2-8/h3-6,8H,1-2,7H2,(H,19,23). The molecule has 7 nitrogen and oxygen atoms in total. The van der Waals surface area contributed by atoms with E-state index in [2.05, 4.69) is 20.6 Å². The van der Waals surface area contributed by atoms with Crippen molar-refractivity contribution in [3.63, 3.8) is 0 Å². The smallest absolute Gasteiger partial charge is 0.273 e. The summed E-state index contributed by atoms with van der Waals surface area (Å²) in [6.45, 7) is 0.0170. The van der Waals surface area contributed by atoms with Gasteiger partial charge in [-0.25, -0.2) is 4.39 Å². The number of nitrogens with one attached hydrogen (secondary N) is 1.